The van der Waals surface area contributed by atoms with Crippen LogP contribution in [0.3, 0.4) is 0 Å². The number of fused-ring (bicyclic) bond motifs is 1. The van der Waals surface area contributed by atoms with Crippen molar-refractivity contribution in [2.24, 2.45) is 0 Å². The smallest absolute Gasteiger partial charge is 0.0776 e. The third kappa shape index (κ3) is 3.32. The van der Waals surface area contributed by atoms with Gasteiger partial charge in [-0.05, 0) is 37.6 Å². The number of pyridine rings is 1. The summed E-state index contributed by atoms with van der Waals surface area (Å²) in [5, 5.41) is 9.70. The van der Waals surface area contributed by atoms with Crippen LogP contribution in [0.5, 0.6) is 0 Å². The Bertz CT molecular complexity index is 628. The van der Waals surface area contributed by atoms with Gasteiger partial charge in [-0.15, -0.1) is 11.3 Å². The van der Waals surface area contributed by atoms with Gasteiger partial charge in [-0.25, -0.2) is 0 Å². The maximum absolute atomic E-state index is 9.70. The van der Waals surface area contributed by atoms with Crippen LogP contribution in [0.2, 0.25) is 0 Å². The SMILES string of the molecule is Cc1ccc(CN2CC[C@@H](CO)N(C)c3cccnc3C2)s1. The molecule has 0 saturated heterocycles. The molecule has 0 aliphatic carbocycles. The molecule has 1 aliphatic rings. The molecule has 3 heterocycles. The summed E-state index contributed by atoms with van der Waals surface area (Å²) in [5.74, 6) is 0. The van der Waals surface area contributed by atoms with Gasteiger partial charge < -0.3 is 10.0 Å². The topological polar surface area (TPSA) is 39.6 Å². The average Bonchev–Trinajstić information content (AvgIpc) is 2.91. The maximum atomic E-state index is 9.70. The number of aryl methyl sites for hydroxylation is 1. The lowest BCUT2D eigenvalue weighted by Gasteiger charge is -2.35. The normalized spacial score (nSPS) is 19.6. The lowest BCUT2D eigenvalue weighted by Crippen LogP contribution is -2.41. The molecule has 0 bridgehead atoms. The minimum absolute atomic E-state index is 0.149. The molecule has 0 saturated carbocycles. The Morgan fingerprint density at radius 1 is 1.36 bits per heavy atom. The highest BCUT2D eigenvalue weighted by Crippen LogP contribution is 2.26. The van der Waals surface area contributed by atoms with E-state index >= 15 is 0 Å². The summed E-state index contributed by atoms with van der Waals surface area (Å²) >= 11 is 1.86. The van der Waals surface area contributed by atoms with E-state index in [0.717, 1.165) is 37.4 Å². The van der Waals surface area contributed by atoms with Gasteiger partial charge in [-0.3, -0.25) is 9.88 Å². The summed E-state index contributed by atoms with van der Waals surface area (Å²) in [5.41, 5.74) is 2.23. The molecule has 2 aromatic rings. The molecule has 0 amide bonds. The largest absolute Gasteiger partial charge is 0.394 e. The molecule has 1 atom stereocenters. The van der Waals surface area contributed by atoms with Gasteiger partial charge in [0.2, 0.25) is 0 Å². The monoisotopic (exact) mass is 317 g/mol. The van der Waals surface area contributed by atoms with Crippen LogP contribution in [0.1, 0.15) is 21.9 Å². The zero-order chi connectivity index (χ0) is 15.5. The summed E-state index contributed by atoms with van der Waals surface area (Å²) in [6.45, 7) is 5.11. The second-order valence-electron chi connectivity index (χ2n) is 5.93. The van der Waals surface area contributed by atoms with Crippen LogP contribution in [-0.2, 0) is 13.1 Å². The first kappa shape index (κ1) is 15.5. The third-order valence-electron chi connectivity index (χ3n) is 4.33. The number of hydrogen-bond acceptors (Lipinski definition) is 5. The molecule has 0 spiro atoms. The lowest BCUT2D eigenvalue weighted by atomic mass is 10.1. The minimum Gasteiger partial charge on any atom is -0.394 e. The van der Waals surface area contributed by atoms with Gasteiger partial charge in [0.25, 0.3) is 0 Å². The predicted octanol–water partition coefficient (Wildman–Crippen LogP) is 2.65. The number of likely N-dealkylation sites (N-methyl/N-ethyl adjacent to an activating group) is 1. The van der Waals surface area contributed by atoms with Crippen LogP contribution >= 0.6 is 11.3 Å². The average molecular weight is 317 g/mol. The molecular weight excluding hydrogens is 294 g/mol. The van der Waals surface area contributed by atoms with E-state index in [1.54, 1.807) is 0 Å². The van der Waals surface area contributed by atoms with Gasteiger partial charge in [-0.2, -0.15) is 0 Å². The number of nitrogens with zero attached hydrogens (tertiary/aromatic N) is 3. The number of aliphatic hydroxyl groups excluding tert-OH is 1. The number of anilines is 1. The molecule has 118 valence electrons. The molecule has 0 unspecified atom stereocenters. The molecule has 5 heteroatoms. The van der Waals surface area contributed by atoms with E-state index in [-0.39, 0.29) is 12.6 Å². The first-order valence-electron chi connectivity index (χ1n) is 7.72. The minimum atomic E-state index is 0.149. The molecule has 0 radical (unpaired) electrons. The zero-order valence-electron chi connectivity index (χ0n) is 13.2. The van der Waals surface area contributed by atoms with E-state index < -0.39 is 0 Å². The molecule has 1 N–H and O–H groups in total. The standard InChI is InChI=1S/C17H23N3OS/c1-13-5-6-15(22-13)10-20-9-7-14(12-21)19(2)17-4-3-8-18-16(17)11-20/h3-6,8,14,21H,7,9-12H2,1-2H3/t14-/m0/s1. The van der Waals surface area contributed by atoms with Gasteiger partial charge in [0.1, 0.15) is 0 Å². The first-order valence-corrected chi connectivity index (χ1v) is 8.54. The van der Waals surface area contributed by atoms with E-state index in [2.05, 4.69) is 47.0 Å². The van der Waals surface area contributed by atoms with Crippen molar-refractivity contribution in [1.29, 1.82) is 0 Å². The van der Waals surface area contributed by atoms with Gasteiger partial charge in [0.05, 0.1) is 24.0 Å². The quantitative estimate of drug-likeness (QED) is 0.945. The third-order valence-corrected chi connectivity index (χ3v) is 5.32. The Balaban J connectivity index is 1.84. The molecule has 0 fully saturated rings. The van der Waals surface area contributed by atoms with Crippen LogP contribution in [0, 0.1) is 6.92 Å². The highest BCUT2D eigenvalue weighted by atomic mass is 32.1. The van der Waals surface area contributed by atoms with Crippen LogP contribution < -0.4 is 4.90 Å². The lowest BCUT2D eigenvalue weighted by molar-refractivity contribution is 0.205. The number of aliphatic hydroxyl groups is 1. The fourth-order valence-corrected chi connectivity index (χ4v) is 3.96. The molecule has 4 nitrogen and oxygen atoms in total. The van der Waals surface area contributed by atoms with Gasteiger partial charge >= 0.3 is 0 Å². The zero-order valence-corrected chi connectivity index (χ0v) is 14.0. The fraction of sp³-hybridized carbons (Fsp3) is 0.471. The van der Waals surface area contributed by atoms with E-state index in [9.17, 15) is 5.11 Å². The summed E-state index contributed by atoms with van der Waals surface area (Å²) < 4.78 is 0. The second kappa shape index (κ2) is 6.77. The number of thiophene rings is 1. The first-order chi connectivity index (χ1) is 10.7. The summed E-state index contributed by atoms with van der Waals surface area (Å²) in [4.78, 5) is 11.9. The summed E-state index contributed by atoms with van der Waals surface area (Å²) in [6.07, 6.45) is 2.82. The molecule has 3 rings (SSSR count). The van der Waals surface area contributed by atoms with E-state index in [4.69, 9.17) is 0 Å². The Labute approximate surface area is 136 Å². The molecular formula is C17H23N3OS. The van der Waals surface area contributed by atoms with E-state index in [1.807, 2.05) is 23.6 Å². The summed E-state index contributed by atoms with van der Waals surface area (Å²) in [7, 11) is 2.06. The van der Waals surface area contributed by atoms with Crippen LogP contribution in [-0.4, -0.2) is 41.2 Å². The van der Waals surface area contributed by atoms with Gasteiger partial charge in [0, 0.05) is 42.6 Å². The van der Waals surface area contributed by atoms with Gasteiger partial charge in [0.15, 0.2) is 0 Å². The molecule has 22 heavy (non-hydrogen) atoms. The second-order valence-corrected chi connectivity index (χ2v) is 7.30. The molecule has 0 aromatic carbocycles. The van der Waals surface area contributed by atoms with Gasteiger partial charge in [-0.1, -0.05) is 0 Å². The van der Waals surface area contributed by atoms with Crippen LogP contribution in [0.15, 0.2) is 30.5 Å². The highest BCUT2D eigenvalue weighted by Gasteiger charge is 2.23. The van der Waals surface area contributed by atoms with Crippen molar-refractivity contribution in [2.75, 3.05) is 25.1 Å². The van der Waals surface area contributed by atoms with Crippen molar-refractivity contribution in [3.8, 4) is 0 Å². The maximum Gasteiger partial charge on any atom is 0.0776 e. The highest BCUT2D eigenvalue weighted by molar-refractivity contribution is 7.11. The Hall–Kier alpha value is -1.43. The summed E-state index contributed by atoms with van der Waals surface area (Å²) in [6, 6.07) is 8.62. The van der Waals surface area contributed by atoms with Crippen molar-refractivity contribution in [1.82, 2.24) is 9.88 Å². The fourth-order valence-electron chi connectivity index (χ4n) is 3.02. The number of rotatable bonds is 3. The van der Waals surface area contributed by atoms with Crippen LogP contribution in [0.4, 0.5) is 5.69 Å². The molecule has 1 aliphatic heterocycles. The number of aromatic nitrogens is 1. The van der Waals surface area contributed by atoms with Crippen molar-refractivity contribution in [3.63, 3.8) is 0 Å². The van der Waals surface area contributed by atoms with E-state index in [1.165, 1.54) is 9.75 Å². The Morgan fingerprint density at radius 3 is 2.95 bits per heavy atom. The Morgan fingerprint density at radius 2 is 2.23 bits per heavy atom. The van der Waals surface area contributed by atoms with Crippen LogP contribution in [0.25, 0.3) is 0 Å². The van der Waals surface area contributed by atoms with Crippen molar-refractivity contribution >= 4 is 17.0 Å². The van der Waals surface area contributed by atoms with Crippen molar-refractivity contribution in [2.45, 2.75) is 32.5 Å². The predicted molar refractivity (Wildman–Crippen MR) is 91.3 cm³/mol. The van der Waals surface area contributed by atoms with E-state index in [0.29, 0.717) is 0 Å². The van der Waals surface area contributed by atoms with Crippen molar-refractivity contribution in [3.05, 3.63) is 45.9 Å². The number of hydrogen-bond donors (Lipinski definition) is 1. The Kier molecular flexibility index (Phi) is 4.76. The molecule has 2 aromatic heterocycles. The van der Waals surface area contributed by atoms with Crippen molar-refractivity contribution < 1.29 is 5.11 Å².